The van der Waals surface area contributed by atoms with E-state index in [1.54, 1.807) is 24.3 Å². The molecular weight excluding hydrogens is 358 g/mol. The highest BCUT2D eigenvalue weighted by atomic mass is 35.5. The Hall–Kier alpha value is -2.13. The van der Waals surface area contributed by atoms with E-state index in [4.69, 9.17) is 26.6 Å². The molecule has 2 rings (SSSR count). The first-order chi connectivity index (χ1) is 11.3. The molecule has 0 aliphatic heterocycles. The highest BCUT2D eigenvalue weighted by molar-refractivity contribution is 7.89. The molecule has 2 aromatic rings. The quantitative estimate of drug-likeness (QED) is 0.684. The Balaban J connectivity index is 2.13. The molecule has 0 radical (unpaired) electrons. The predicted molar refractivity (Wildman–Crippen MR) is 86.8 cm³/mol. The SMILES string of the molecule is O=C(O)C(CO)NS(=O)(=O)c1ccc(Oc2ccc(Cl)cc2)cc1. The summed E-state index contributed by atoms with van der Waals surface area (Å²) in [6.45, 7) is -0.855. The van der Waals surface area contributed by atoms with Crippen LogP contribution < -0.4 is 9.46 Å². The van der Waals surface area contributed by atoms with Crippen LogP contribution in [0.3, 0.4) is 0 Å². The first kappa shape index (κ1) is 18.2. The monoisotopic (exact) mass is 371 g/mol. The molecule has 0 saturated carbocycles. The van der Waals surface area contributed by atoms with Gasteiger partial charge < -0.3 is 14.9 Å². The van der Waals surface area contributed by atoms with Gasteiger partial charge in [-0.3, -0.25) is 4.79 Å². The fourth-order valence-electron chi connectivity index (χ4n) is 1.75. The molecule has 0 heterocycles. The number of nitrogens with one attached hydrogen (secondary N) is 1. The minimum Gasteiger partial charge on any atom is -0.480 e. The van der Waals surface area contributed by atoms with Gasteiger partial charge in [-0.1, -0.05) is 11.6 Å². The number of sulfonamides is 1. The predicted octanol–water partition coefficient (Wildman–Crippen LogP) is 1.86. The number of halogens is 1. The van der Waals surface area contributed by atoms with Gasteiger partial charge in [-0.25, -0.2) is 8.42 Å². The number of hydrogen-bond acceptors (Lipinski definition) is 5. The fraction of sp³-hybridized carbons (Fsp3) is 0.133. The molecule has 2 aromatic carbocycles. The lowest BCUT2D eigenvalue weighted by Crippen LogP contribution is -2.43. The molecule has 0 spiro atoms. The van der Waals surface area contributed by atoms with Crippen LogP contribution >= 0.6 is 11.6 Å². The lowest BCUT2D eigenvalue weighted by Gasteiger charge is -2.12. The van der Waals surface area contributed by atoms with Gasteiger partial charge in [-0.15, -0.1) is 0 Å². The number of carboxylic acids is 1. The summed E-state index contributed by atoms with van der Waals surface area (Å²) >= 11 is 5.77. The van der Waals surface area contributed by atoms with Gasteiger partial charge in [-0.05, 0) is 48.5 Å². The van der Waals surface area contributed by atoms with E-state index in [1.807, 2.05) is 4.72 Å². The zero-order valence-corrected chi connectivity index (χ0v) is 13.8. The third-order valence-electron chi connectivity index (χ3n) is 2.96. The number of aliphatic hydroxyl groups excluding tert-OH is 1. The Labute approximate surface area is 143 Å². The number of rotatable bonds is 7. The van der Waals surface area contributed by atoms with Crippen molar-refractivity contribution >= 4 is 27.6 Å². The van der Waals surface area contributed by atoms with E-state index in [2.05, 4.69) is 0 Å². The molecule has 0 aliphatic carbocycles. The van der Waals surface area contributed by atoms with E-state index < -0.39 is 28.6 Å². The van der Waals surface area contributed by atoms with E-state index in [9.17, 15) is 13.2 Å². The topological polar surface area (TPSA) is 113 Å². The second-order valence-electron chi connectivity index (χ2n) is 4.72. The minimum atomic E-state index is -4.08. The third kappa shape index (κ3) is 4.68. The van der Waals surface area contributed by atoms with Crippen LogP contribution in [0.15, 0.2) is 53.4 Å². The van der Waals surface area contributed by atoms with Crippen LogP contribution in [-0.4, -0.2) is 37.2 Å². The number of hydrogen-bond donors (Lipinski definition) is 3. The first-order valence-electron chi connectivity index (χ1n) is 6.71. The second kappa shape index (κ2) is 7.63. The summed E-state index contributed by atoms with van der Waals surface area (Å²) in [5, 5.41) is 18.3. The summed E-state index contributed by atoms with van der Waals surface area (Å²) in [7, 11) is -4.08. The van der Waals surface area contributed by atoms with Crippen LogP contribution in [0.1, 0.15) is 0 Å². The Morgan fingerprint density at radius 1 is 1.08 bits per heavy atom. The Morgan fingerprint density at radius 2 is 1.58 bits per heavy atom. The normalized spacial score (nSPS) is 12.6. The molecular formula is C15H14ClNO6S. The van der Waals surface area contributed by atoms with Crippen molar-refractivity contribution < 1.29 is 28.2 Å². The number of carboxylic acid groups (broad SMARTS) is 1. The minimum absolute atomic E-state index is 0.148. The van der Waals surface area contributed by atoms with Gasteiger partial charge in [0.1, 0.15) is 17.5 Å². The summed E-state index contributed by atoms with van der Waals surface area (Å²) in [4.78, 5) is 10.7. The smallest absolute Gasteiger partial charge is 0.324 e. The summed E-state index contributed by atoms with van der Waals surface area (Å²) in [5.74, 6) is -0.545. The van der Waals surface area contributed by atoms with Crippen molar-refractivity contribution in [2.45, 2.75) is 10.9 Å². The number of carbonyl (C=O) groups is 1. The molecule has 24 heavy (non-hydrogen) atoms. The number of aliphatic hydroxyl groups is 1. The Bertz CT molecular complexity index is 805. The summed E-state index contributed by atoms with van der Waals surface area (Å²) in [6.07, 6.45) is 0. The van der Waals surface area contributed by atoms with Crippen LogP contribution in [-0.2, 0) is 14.8 Å². The number of aliphatic carboxylic acids is 1. The van der Waals surface area contributed by atoms with Gasteiger partial charge in [0, 0.05) is 5.02 Å². The lowest BCUT2D eigenvalue weighted by molar-refractivity contribution is -0.139. The van der Waals surface area contributed by atoms with Gasteiger partial charge in [0.15, 0.2) is 0 Å². The van der Waals surface area contributed by atoms with E-state index in [0.717, 1.165) is 0 Å². The lowest BCUT2D eigenvalue weighted by atomic mass is 10.3. The molecule has 0 saturated heterocycles. The molecule has 0 fully saturated rings. The van der Waals surface area contributed by atoms with Crippen molar-refractivity contribution in [1.29, 1.82) is 0 Å². The second-order valence-corrected chi connectivity index (χ2v) is 6.87. The summed E-state index contributed by atoms with van der Waals surface area (Å²) < 4.78 is 31.6. The molecule has 128 valence electrons. The Kier molecular flexibility index (Phi) is 5.79. The van der Waals surface area contributed by atoms with Crippen LogP contribution in [0.5, 0.6) is 11.5 Å². The molecule has 0 bridgehead atoms. The van der Waals surface area contributed by atoms with Crippen molar-refractivity contribution in [3.05, 3.63) is 53.6 Å². The van der Waals surface area contributed by atoms with Gasteiger partial charge in [-0.2, -0.15) is 4.72 Å². The van der Waals surface area contributed by atoms with Crippen molar-refractivity contribution in [1.82, 2.24) is 4.72 Å². The maximum atomic E-state index is 12.1. The molecule has 9 heteroatoms. The van der Waals surface area contributed by atoms with Crippen molar-refractivity contribution in [3.8, 4) is 11.5 Å². The standard InChI is InChI=1S/C15H14ClNO6S/c16-10-1-3-11(4-2-10)23-12-5-7-13(8-6-12)24(21,22)17-14(9-18)15(19)20/h1-8,14,17-18H,9H2,(H,19,20). The van der Waals surface area contributed by atoms with Crippen LogP contribution in [0.4, 0.5) is 0 Å². The van der Waals surface area contributed by atoms with E-state index in [0.29, 0.717) is 16.5 Å². The Morgan fingerprint density at radius 3 is 2.04 bits per heavy atom. The molecule has 1 atom stereocenters. The molecule has 0 aliphatic rings. The van der Waals surface area contributed by atoms with Crippen molar-refractivity contribution in [3.63, 3.8) is 0 Å². The van der Waals surface area contributed by atoms with Gasteiger partial charge in [0.2, 0.25) is 10.0 Å². The van der Waals surface area contributed by atoms with Crippen LogP contribution in [0, 0.1) is 0 Å². The first-order valence-corrected chi connectivity index (χ1v) is 8.57. The molecule has 0 amide bonds. The zero-order chi connectivity index (χ0) is 17.7. The zero-order valence-electron chi connectivity index (χ0n) is 12.2. The van der Waals surface area contributed by atoms with Crippen molar-refractivity contribution in [2.24, 2.45) is 0 Å². The van der Waals surface area contributed by atoms with Gasteiger partial charge >= 0.3 is 5.97 Å². The number of benzene rings is 2. The van der Waals surface area contributed by atoms with Crippen LogP contribution in [0.2, 0.25) is 5.02 Å². The van der Waals surface area contributed by atoms with Crippen LogP contribution in [0.25, 0.3) is 0 Å². The summed E-state index contributed by atoms with van der Waals surface area (Å²) in [6, 6.07) is 10.4. The third-order valence-corrected chi connectivity index (χ3v) is 4.70. The average Bonchev–Trinajstić information content (AvgIpc) is 2.55. The largest absolute Gasteiger partial charge is 0.480 e. The molecule has 3 N–H and O–H groups in total. The highest BCUT2D eigenvalue weighted by Gasteiger charge is 2.24. The molecule has 7 nitrogen and oxygen atoms in total. The summed E-state index contributed by atoms with van der Waals surface area (Å²) in [5.41, 5.74) is 0. The van der Waals surface area contributed by atoms with Gasteiger partial charge in [0.25, 0.3) is 0 Å². The highest BCUT2D eigenvalue weighted by Crippen LogP contribution is 2.24. The molecule has 1 unspecified atom stereocenters. The fourth-order valence-corrected chi connectivity index (χ4v) is 3.05. The maximum absolute atomic E-state index is 12.1. The maximum Gasteiger partial charge on any atom is 0.324 e. The van der Waals surface area contributed by atoms with Crippen molar-refractivity contribution in [2.75, 3.05) is 6.61 Å². The van der Waals surface area contributed by atoms with E-state index >= 15 is 0 Å². The molecule has 0 aromatic heterocycles. The van der Waals surface area contributed by atoms with E-state index in [1.165, 1.54) is 24.3 Å². The average molecular weight is 372 g/mol. The van der Waals surface area contributed by atoms with E-state index in [-0.39, 0.29) is 4.90 Å². The number of ether oxygens (including phenoxy) is 1. The van der Waals surface area contributed by atoms with Gasteiger partial charge in [0.05, 0.1) is 11.5 Å².